The van der Waals surface area contributed by atoms with Crippen LogP contribution in [-0.4, -0.2) is 44.9 Å². The van der Waals surface area contributed by atoms with Crippen molar-refractivity contribution in [2.45, 2.75) is 50.2 Å². The van der Waals surface area contributed by atoms with Gasteiger partial charge in [0.05, 0.1) is 11.3 Å². The van der Waals surface area contributed by atoms with E-state index in [0.717, 1.165) is 12.8 Å². The molecule has 0 spiro atoms. The molecule has 30 heavy (non-hydrogen) atoms. The molecule has 9 heteroatoms. The number of hydrogen-bond donors (Lipinski definition) is 2. The molecule has 1 aliphatic rings. The SMILES string of the molecule is C[C@@H]1CCCC[C@H]1NC(=O)CSc1nnc(CCNC(=O)c2ccccc2F)n1C. The van der Waals surface area contributed by atoms with Crippen molar-refractivity contribution >= 4 is 23.6 Å². The highest BCUT2D eigenvalue weighted by Crippen LogP contribution is 2.24. The summed E-state index contributed by atoms with van der Waals surface area (Å²) in [6, 6.07) is 6.13. The van der Waals surface area contributed by atoms with E-state index in [1.807, 2.05) is 11.6 Å². The maximum absolute atomic E-state index is 13.7. The molecule has 7 nitrogen and oxygen atoms in total. The van der Waals surface area contributed by atoms with Crippen LogP contribution in [0.5, 0.6) is 0 Å². The highest BCUT2D eigenvalue weighted by Gasteiger charge is 2.23. The van der Waals surface area contributed by atoms with Crippen LogP contribution in [0, 0.1) is 11.7 Å². The number of thioether (sulfide) groups is 1. The summed E-state index contributed by atoms with van der Waals surface area (Å²) in [4.78, 5) is 24.4. The lowest BCUT2D eigenvalue weighted by Crippen LogP contribution is -2.41. The summed E-state index contributed by atoms with van der Waals surface area (Å²) < 4.78 is 15.5. The number of benzene rings is 1. The van der Waals surface area contributed by atoms with E-state index in [9.17, 15) is 14.0 Å². The van der Waals surface area contributed by atoms with E-state index >= 15 is 0 Å². The second-order valence-electron chi connectivity index (χ2n) is 7.67. The average molecular weight is 434 g/mol. The number of nitrogens with one attached hydrogen (secondary N) is 2. The number of carbonyl (C=O) groups is 2. The fourth-order valence-corrected chi connectivity index (χ4v) is 4.37. The molecule has 1 aromatic heterocycles. The molecule has 0 bridgehead atoms. The standard InChI is InChI=1S/C21H28FN5O2S/c1-14-7-3-6-10-17(14)24-19(28)13-30-21-26-25-18(27(21)2)11-12-23-20(29)15-8-4-5-9-16(15)22/h4-5,8-9,14,17H,3,6-7,10-13H2,1-2H3,(H,23,29)(H,24,28)/t14-,17-/m1/s1. The van der Waals surface area contributed by atoms with Crippen LogP contribution in [0.1, 0.15) is 48.8 Å². The van der Waals surface area contributed by atoms with Crippen LogP contribution >= 0.6 is 11.8 Å². The Hall–Kier alpha value is -2.42. The fourth-order valence-electron chi connectivity index (χ4n) is 3.63. The van der Waals surface area contributed by atoms with Crippen LogP contribution in [0.25, 0.3) is 0 Å². The van der Waals surface area contributed by atoms with Gasteiger partial charge >= 0.3 is 0 Å². The molecule has 162 valence electrons. The van der Waals surface area contributed by atoms with Crippen LogP contribution in [0.4, 0.5) is 4.39 Å². The summed E-state index contributed by atoms with van der Waals surface area (Å²) in [7, 11) is 1.83. The molecule has 2 aromatic rings. The molecule has 0 unspecified atom stereocenters. The maximum Gasteiger partial charge on any atom is 0.254 e. The first kappa shape index (κ1) is 22.3. The lowest BCUT2D eigenvalue weighted by molar-refractivity contribution is -0.119. The number of halogens is 1. The van der Waals surface area contributed by atoms with Gasteiger partial charge in [-0.25, -0.2) is 4.39 Å². The minimum Gasteiger partial charge on any atom is -0.352 e. The second kappa shape index (κ2) is 10.6. The third kappa shape index (κ3) is 5.81. The molecule has 1 aromatic carbocycles. The van der Waals surface area contributed by atoms with Crippen molar-refractivity contribution in [2.24, 2.45) is 13.0 Å². The number of amides is 2. The third-order valence-corrected chi connectivity index (χ3v) is 6.49. The molecule has 1 fully saturated rings. The Labute approximate surface area is 180 Å². The Morgan fingerprint density at radius 3 is 2.77 bits per heavy atom. The molecule has 3 rings (SSSR count). The summed E-state index contributed by atoms with van der Waals surface area (Å²) in [5, 5.41) is 14.8. The van der Waals surface area contributed by atoms with E-state index < -0.39 is 11.7 Å². The Morgan fingerprint density at radius 1 is 1.23 bits per heavy atom. The Bertz CT molecular complexity index is 888. The van der Waals surface area contributed by atoms with Crippen molar-refractivity contribution in [3.8, 4) is 0 Å². The van der Waals surface area contributed by atoms with Gasteiger partial charge in [0, 0.05) is 26.1 Å². The molecule has 1 aliphatic carbocycles. The molecule has 2 N–H and O–H groups in total. The maximum atomic E-state index is 13.7. The summed E-state index contributed by atoms with van der Waals surface area (Å²) in [6.07, 6.45) is 5.08. The zero-order valence-electron chi connectivity index (χ0n) is 17.4. The molecule has 0 radical (unpaired) electrons. The van der Waals surface area contributed by atoms with Gasteiger partial charge in [0.25, 0.3) is 5.91 Å². The van der Waals surface area contributed by atoms with Gasteiger partial charge in [0.2, 0.25) is 5.91 Å². The van der Waals surface area contributed by atoms with Crippen molar-refractivity contribution in [2.75, 3.05) is 12.3 Å². The molecule has 2 atom stereocenters. The zero-order chi connectivity index (χ0) is 21.5. The highest BCUT2D eigenvalue weighted by atomic mass is 32.2. The van der Waals surface area contributed by atoms with Gasteiger partial charge in [-0.15, -0.1) is 10.2 Å². The van der Waals surface area contributed by atoms with E-state index in [-0.39, 0.29) is 17.5 Å². The quantitative estimate of drug-likeness (QED) is 0.625. The Balaban J connectivity index is 1.44. The zero-order valence-corrected chi connectivity index (χ0v) is 18.2. The molecule has 2 amide bonds. The Kier molecular flexibility index (Phi) is 7.84. The molecular formula is C21H28FN5O2S. The molecule has 1 saturated carbocycles. The summed E-state index contributed by atoms with van der Waals surface area (Å²) in [6.45, 7) is 2.50. The predicted octanol–water partition coefficient (Wildman–Crippen LogP) is 2.71. The normalized spacial score (nSPS) is 18.8. The van der Waals surface area contributed by atoms with Crippen molar-refractivity contribution in [1.29, 1.82) is 0 Å². The molecule has 0 saturated heterocycles. The van der Waals surface area contributed by atoms with E-state index in [2.05, 4.69) is 27.8 Å². The first-order chi connectivity index (χ1) is 14.5. The number of carbonyl (C=O) groups excluding carboxylic acids is 2. The second-order valence-corrected chi connectivity index (χ2v) is 8.61. The lowest BCUT2D eigenvalue weighted by atomic mass is 9.86. The first-order valence-electron chi connectivity index (χ1n) is 10.3. The molecule has 0 aliphatic heterocycles. The van der Waals surface area contributed by atoms with E-state index in [0.29, 0.717) is 35.6 Å². The fraction of sp³-hybridized carbons (Fsp3) is 0.524. The van der Waals surface area contributed by atoms with Gasteiger partial charge in [-0.05, 0) is 30.9 Å². The predicted molar refractivity (Wildman–Crippen MR) is 114 cm³/mol. The summed E-state index contributed by atoms with van der Waals surface area (Å²) in [5.41, 5.74) is 0.0185. The van der Waals surface area contributed by atoms with Crippen molar-refractivity contribution in [1.82, 2.24) is 25.4 Å². The number of rotatable bonds is 8. The van der Waals surface area contributed by atoms with Crippen molar-refractivity contribution in [3.63, 3.8) is 0 Å². The van der Waals surface area contributed by atoms with Gasteiger partial charge < -0.3 is 15.2 Å². The monoisotopic (exact) mass is 433 g/mol. The molecule has 1 heterocycles. The van der Waals surface area contributed by atoms with Crippen LogP contribution in [0.2, 0.25) is 0 Å². The van der Waals surface area contributed by atoms with E-state index in [1.54, 1.807) is 12.1 Å². The van der Waals surface area contributed by atoms with Gasteiger partial charge in [-0.3, -0.25) is 9.59 Å². The van der Waals surface area contributed by atoms with Gasteiger partial charge in [-0.2, -0.15) is 0 Å². The molecular weight excluding hydrogens is 405 g/mol. The number of aromatic nitrogens is 3. The highest BCUT2D eigenvalue weighted by molar-refractivity contribution is 7.99. The van der Waals surface area contributed by atoms with E-state index in [1.165, 1.54) is 36.7 Å². The van der Waals surface area contributed by atoms with Crippen LogP contribution in [-0.2, 0) is 18.3 Å². The average Bonchev–Trinajstić information content (AvgIpc) is 3.08. The van der Waals surface area contributed by atoms with Crippen LogP contribution in [0.3, 0.4) is 0 Å². The minimum atomic E-state index is -0.548. The topological polar surface area (TPSA) is 88.9 Å². The number of hydrogen-bond acceptors (Lipinski definition) is 5. The van der Waals surface area contributed by atoms with Crippen molar-refractivity contribution in [3.05, 3.63) is 41.5 Å². The van der Waals surface area contributed by atoms with Crippen LogP contribution < -0.4 is 10.6 Å². The Morgan fingerprint density at radius 2 is 2.00 bits per heavy atom. The lowest BCUT2D eigenvalue weighted by Gasteiger charge is -2.29. The smallest absolute Gasteiger partial charge is 0.254 e. The van der Waals surface area contributed by atoms with Crippen molar-refractivity contribution < 1.29 is 14.0 Å². The largest absolute Gasteiger partial charge is 0.352 e. The van der Waals surface area contributed by atoms with E-state index in [4.69, 9.17) is 0 Å². The first-order valence-corrected chi connectivity index (χ1v) is 11.3. The summed E-state index contributed by atoms with van der Waals surface area (Å²) in [5.74, 6) is 0.507. The van der Waals surface area contributed by atoms with Gasteiger partial charge in [0.1, 0.15) is 11.6 Å². The van der Waals surface area contributed by atoms with Crippen LogP contribution in [0.15, 0.2) is 29.4 Å². The number of nitrogens with zero attached hydrogens (tertiary/aromatic N) is 3. The summed E-state index contributed by atoms with van der Waals surface area (Å²) >= 11 is 1.34. The third-order valence-electron chi connectivity index (χ3n) is 5.47. The van der Waals surface area contributed by atoms with Gasteiger partial charge in [0.15, 0.2) is 5.16 Å². The van der Waals surface area contributed by atoms with Gasteiger partial charge in [-0.1, -0.05) is 43.7 Å². The minimum absolute atomic E-state index is 0.0143.